The van der Waals surface area contributed by atoms with Gasteiger partial charge < -0.3 is 10.0 Å². The number of carboxylic acid groups (broad SMARTS) is 1. The summed E-state index contributed by atoms with van der Waals surface area (Å²) in [7, 11) is -4.61. The number of rotatable bonds is 5. The minimum absolute atomic E-state index is 0.124. The fourth-order valence-electron chi connectivity index (χ4n) is 7.41. The number of fused-ring (bicyclic) bond motifs is 3. The van der Waals surface area contributed by atoms with Crippen molar-refractivity contribution in [1.29, 1.82) is 0 Å². The number of benzene rings is 2. The highest BCUT2D eigenvalue weighted by molar-refractivity contribution is 7.92. The van der Waals surface area contributed by atoms with Gasteiger partial charge in [0.15, 0.2) is 9.84 Å². The van der Waals surface area contributed by atoms with E-state index in [0.29, 0.717) is 6.07 Å². The summed E-state index contributed by atoms with van der Waals surface area (Å²) in [5.74, 6) is -3.40. The number of nitrogens with zero attached hydrogens (tertiary/aromatic N) is 1. The van der Waals surface area contributed by atoms with E-state index in [4.69, 9.17) is 0 Å². The number of hydrogen-bond donors (Lipinski definition) is 1. The normalized spacial score (nSPS) is 25.9. The molecule has 1 heterocycles. The summed E-state index contributed by atoms with van der Waals surface area (Å²) in [6.07, 6.45) is -12.5. The van der Waals surface area contributed by atoms with Crippen LogP contribution in [0.4, 0.5) is 35.1 Å². The average Bonchev–Trinajstić information content (AvgIpc) is 3.37. The molecule has 1 amide bonds. The number of likely N-dealkylation sites (tertiary alicyclic amines) is 1. The molecule has 2 aromatic carbocycles. The van der Waals surface area contributed by atoms with Crippen molar-refractivity contribution >= 4 is 21.7 Å². The summed E-state index contributed by atoms with van der Waals surface area (Å²) in [6.45, 7) is 0.711. The van der Waals surface area contributed by atoms with E-state index in [9.17, 15) is 53.8 Å². The third-order valence-corrected chi connectivity index (χ3v) is 12.2. The molecule has 0 spiro atoms. The van der Waals surface area contributed by atoms with E-state index < -0.39 is 79.3 Å². The number of aliphatic carboxylic acids is 1. The number of amides is 1. The van der Waals surface area contributed by atoms with Crippen molar-refractivity contribution in [2.75, 3.05) is 6.54 Å². The van der Waals surface area contributed by atoms with Crippen LogP contribution in [0.3, 0.4) is 0 Å². The van der Waals surface area contributed by atoms with Gasteiger partial charge in [0.1, 0.15) is 10.6 Å². The standard InChI is InChI=1S/C30H29F8NO5S/c1-16-14-23-19(15-22(16)28(32,29(33,34)35)30(36,37)38)6-11-24-27(23,45(43,44)21-9-7-20(31)8-10-21)12-13-39(24)25(40)17-2-4-18(5-3-17)26(41)42/h7-10,14-15,17-18,24H,2-6,11-13H2,1H3,(H,41,42)/t17-,18-,24-,27-/m0/s1. The number of halogens is 8. The number of hydrogen-bond acceptors (Lipinski definition) is 4. The van der Waals surface area contributed by atoms with Crippen molar-refractivity contribution in [2.45, 2.75) is 85.6 Å². The molecule has 6 nitrogen and oxygen atoms in total. The summed E-state index contributed by atoms with van der Waals surface area (Å²) >= 11 is 0. The van der Waals surface area contributed by atoms with Crippen LogP contribution in [0, 0.1) is 24.6 Å². The highest BCUT2D eigenvalue weighted by Gasteiger charge is 2.74. The Hall–Kier alpha value is -3.23. The fraction of sp³-hybridized carbons (Fsp3) is 0.533. The van der Waals surface area contributed by atoms with Gasteiger partial charge in [-0.25, -0.2) is 17.2 Å². The van der Waals surface area contributed by atoms with E-state index in [1.807, 2.05) is 0 Å². The van der Waals surface area contributed by atoms with Gasteiger partial charge >= 0.3 is 24.0 Å². The molecule has 45 heavy (non-hydrogen) atoms. The lowest BCUT2D eigenvalue weighted by Gasteiger charge is -2.44. The zero-order chi connectivity index (χ0) is 33.3. The summed E-state index contributed by atoms with van der Waals surface area (Å²) in [4.78, 5) is 26.2. The van der Waals surface area contributed by atoms with Crippen LogP contribution in [-0.2, 0) is 36.3 Å². The van der Waals surface area contributed by atoms with Gasteiger partial charge in [0.2, 0.25) is 5.91 Å². The molecule has 0 radical (unpaired) electrons. The Bertz CT molecular complexity index is 1600. The third-order valence-electron chi connectivity index (χ3n) is 9.70. The molecule has 0 unspecified atom stereocenters. The van der Waals surface area contributed by atoms with E-state index >= 15 is 4.39 Å². The molecule has 2 aromatic rings. The SMILES string of the molecule is Cc1cc2c(cc1C(F)(C(F)(F)F)C(F)(F)F)CC[C@@H]1N(C(=O)[C@H]3CC[C@H](C(=O)O)CC3)CC[C@]21S(=O)(=O)c1ccc(F)cc1. The molecule has 0 aromatic heterocycles. The van der Waals surface area contributed by atoms with Crippen molar-refractivity contribution in [3.05, 3.63) is 64.5 Å². The van der Waals surface area contributed by atoms with Crippen LogP contribution in [0.5, 0.6) is 0 Å². The van der Waals surface area contributed by atoms with E-state index in [1.165, 1.54) is 4.90 Å². The first-order valence-corrected chi connectivity index (χ1v) is 15.8. The Morgan fingerprint density at radius 3 is 1.98 bits per heavy atom. The second-order valence-electron chi connectivity index (χ2n) is 12.0. The molecule has 1 N–H and O–H groups in total. The number of carboxylic acids is 1. The smallest absolute Gasteiger partial charge is 0.435 e. The molecule has 246 valence electrons. The van der Waals surface area contributed by atoms with Crippen LogP contribution < -0.4 is 0 Å². The van der Waals surface area contributed by atoms with Gasteiger partial charge in [-0.15, -0.1) is 0 Å². The summed E-state index contributed by atoms with van der Waals surface area (Å²) < 4.78 is 138. The summed E-state index contributed by atoms with van der Waals surface area (Å²) in [6, 6.07) is 3.93. The molecule has 5 rings (SSSR count). The molecule has 1 aliphatic heterocycles. The zero-order valence-electron chi connectivity index (χ0n) is 23.8. The molecule has 2 aliphatic carbocycles. The van der Waals surface area contributed by atoms with Crippen LogP contribution in [0.2, 0.25) is 0 Å². The summed E-state index contributed by atoms with van der Waals surface area (Å²) in [5, 5.41) is 9.32. The van der Waals surface area contributed by atoms with E-state index in [0.717, 1.165) is 37.3 Å². The van der Waals surface area contributed by atoms with Gasteiger partial charge in [-0.05, 0) is 92.8 Å². The maximum atomic E-state index is 15.2. The average molecular weight is 668 g/mol. The topological polar surface area (TPSA) is 91.8 Å². The van der Waals surface area contributed by atoms with Crippen molar-refractivity contribution < 1.29 is 58.2 Å². The minimum Gasteiger partial charge on any atom is -0.481 e. The van der Waals surface area contributed by atoms with Gasteiger partial charge in [0, 0.05) is 18.0 Å². The predicted molar refractivity (Wildman–Crippen MR) is 143 cm³/mol. The second kappa shape index (κ2) is 10.9. The maximum Gasteiger partial charge on any atom is 0.435 e. The Morgan fingerprint density at radius 1 is 0.889 bits per heavy atom. The molecule has 1 saturated heterocycles. The molecule has 2 fully saturated rings. The molecule has 2 atom stereocenters. The molecule has 3 aliphatic rings. The Balaban J connectivity index is 1.66. The predicted octanol–water partition coefficient (Wildman–Crippen LogP) is 6.53. The summed E-state index contributed by atoms with van der Waals surface area (Å²) in [5.41, 5.74) is -8.58. The molecular weight excluding hydrogens is 638 g/mol. The maximum absolute atomic E-state index is 15.2. The third kappa shape index (κ3) is 4.99. The molecule has 0 bridgehead atoms. The number of sulfone groups is 1. The van der Waals surface area contributed by atoms with Crippen LogP contribution in [0.1, 0.15) is 60.8 Å². The number of carbonyl (C=O) groups excluding carboxylic acids is 1. The highest BCUT2D eigenvalue weighted by atomic mass is 32.2. The van der Waals surface area contributed by atoms with Crippen molar-refractivity contribution in [2.24, 2.45) is 11.8 Å². The van der Waals surface area contributed by atoms with Crippen LogP contribution in [0.15, 0.2) is 41.3 Å². The quantitative estimate of drug-likeness (QED) is 0.289. The van der Waals surface area contributed by atoms with Gasteiger partial charge in [-0.1, -0.05) is 12.1 Å². The van der Waals surface area contributed by atoms with Crippen LogP contribution >= 0.6 is 0 Å². The number of alkyl halides is 7. The monoisotopic (exact) mass is 667 g/mol. The van der Waals surface area contributed by atoms with Crippen molar-refractivity contribution in [3.63, 3.8) is 0 Å². The lowest BCUT2D eigenvalue weighted by atomic mass is 9.75. The Kier molecular flexibility index (Phi) is 8.06. The van der Waals surface area contributed by atoms with Gasteiger partial charge in [-0.3, -0.25) is 9.59 Å². The van der Waals surface area contributed by atoms with E-state index in [2.05, 4.69) is 0 Å². The van der Waals surface area contributed by atoms with Gasteiger partial charge in [0.05, 0.1) is 16.9 Å². The van der Waals surface area contributed by atoms with Crippen molar-refractivity contribution in [1.82, 2.24) is 4.90 Å². The number of carbonyl (C=O) groups is 2. The van der Waals surface area contributed by atoms with Gasteiger partial charge in [-0.2, -0.15) is 26.3 Å². The fourth-order valence-corrected chi connectivity index (χ4v) is 9.77. The van der Waals surface area contributed by atoms with Crippen LogP contribution in [0.25, 0.3) is 0 Å². The van der Waals surface area contributed by atoms with Crippen molar-refractivity contribution in [3.8, 4) is 0 Å². The molecule has 1 saturated carbocycles. The Labute approximate surface area is 253 Å². The van der Waals surface area contributed by atoms with Crippen LogP contribution in [-0.4, -0.2) is 55.2 Å². The first kappa shape index (κ1) is 33.1. The highest BCUT2D eigenvalue weighted by Crippen LogP contribution is 2.57. The minimum atomic E-state index is -6.38. The first-order chi connectivity index (χ1) is 20.8. The molecular formula is C30H29F8NO5S. The largest absolute Gasteiger partial charge is 0.481 e. The first-order valence-electron chi connectivity index (χ1n) is 14.3. The van der Waals surface area contributed by atoms with E-state index in [-0.39, 0.29) is 67.5 Å². The Morgan fingerprint density at radius 2 is 1.44 bits per heavy atom. The zero-order valence-corrected chi connectivity index (χ0v) is 24.6. The second-order valence-corrected chi connectivity index (χ2v) is 14.3. The van der Waals surface area contributed by atoms with Gasteiger partial charge in [0.25, 0.3) is 0 Å². The van der Waals surface area contributed by atoms with E-state index in [1.54, 1.807) is 0 Å². The lowest BCUT2D eigenvalue weighted by molar-refractivity contribution is -0.348. The lowest BCUT2D eigenvalue weighted by Crippen LogP contribution is -2.54. The number of aryl methyl sites for hydroxylation is 2. The molecule has 15 heteroatoms.